The summed E-state index contributed by atoms with van der Waals surface area (Å²) < 4.78 is 9.84. The Morgan fingerprint density at radius 2 is 2.05 bits per heavy atom. The van der Waals surface area contributed by atoms with Crippen molar-refractivity contribution in [3.05, 3.63) is 55.1 Å². The van der Waals surface area contributed by atoms with E-state index in [0.717, 1.165) is 10.0 Å². The third-order valence-corrected chi connectivity index (χ3v) is 4.34. The topological polar surface area (TPSA) is 81.9 Å². The van der Waals surface area contributed by atoms with Crippen LogP contribution >= 0.6 is 15.9 Å². The first-order chi connectivity index (χ1) is 10.5. The van der Waals surface area contributed by atoms with E-state index in [0.29, 0.717) is 23.7 Å². The Morgan fingerprint density at radius 1 is 1.32 bits per heavy atom. The Kier molecular flexibility index (Phi) is 2.77. The molecule has 0 saturated carbocycles. The summed E-state index contributed by atoms with van der Waals surface area (Å²) in [6, 6.07) is 8.16. The molecule has 0 amide bonds. The van der Waals surface area contributed by atoms with Crippen LogP contribution in [0.3, 0.4) is 0 Å². The lowest BCUT2D eigenvalue weighted by Gasteiger charge is -2.10. The average molecular weight is 363 g/mol. The summed E-state index contributed by atoms with van der Waals surface area (Å²) in [7, 11) is 1.57. The van der Waals surface area contributed by atoms with E-state index in [1.807, 2.05) is 24.3 Å². The van der Waals surface area contributed by atoms with Crippen molar-refractivity contribution in [1.82, 2.24) is 19.1 Å². The van der Waals surface area contributed by atoms with Crippen molar-refractivity contribution in [1.29, 1.82) is 0 Å². The van der Waals surface area contributed by atoms with E-state index in [9.17, 15) is 9.59 Å². The van der Waals surface area contributed by atoms with Crippen molar-refractivity contribution in [2.24, 2.45) is 7.05 Å². The lowest BCUT2D eigenvalue weighted by molar-refractivity contribution is 0.230. The summed E-state index contributed by atoms with van der Waals surface area (Å²) in [6.07, 6.45) is -0.198. The zero-order chi connectivity index (χ0) is 15.4. The van der Waals surface area contributed by atoms with E-state index < -0.39 is 11.2 Å². The number of nitrogens with one attached hydrogen (secondary N) is 1. The zero-order valence-corrected chi connectivity index (χ0v) is 13.1. The van der Waals surface area contributed by atoms with Gasteiger partial charge in [0.1, 0.15) is 6.10 Å². The molecule has 1 atom stereocenters. The van der Waals surface area contributed by atoms with Crippen LogP contribution in [-0.4, -0.2) is 19.1 Å². The molecule has 1 aliphatic rings. The number of rotatable bonds is 1. The van der Waals surface area contributed by atoms with Crippen molar-refractivity contribution in [2.75, 3.05) is 0 Å². The number of ether oxygens (including phenoxy) is 1. The number of imidazole rings is 1. The zero-order valence-electron chi connectivity index (χ0n) is 11.5. The van der Waals surface area contributed by atoms with E-state index in [4.69, 9.17) is 4.74 Å². The second kappa shape index (κ2) is 4.57. The Morgan fingerprint density at radius 3 is 2.77 bits per heavy atom. The number of fused-ring (bicyclic) bond motifs is 3. The van der Waals surface area contributed by atoms with Gasteiger partial charge >= 0.3 is 5.69 Å². The fraction of sp³-hybridized carbons (Fsp3) is 0.214. The van der Waals surface area contributed by atoms with E-state index in [-0.39, 0.29) is 6.10 Å². The van der Waals surface area contributed by atoms with Crippen LogP contribution in [0.2, 0.25) is 0 Å². The molecule has 1 aromatic carbocycles. The monoisotopic (exact) mass is 362 g/mol. The molecule has 0 aliphatic carbocycles. The first kappa shape index (κ1) is 13.3. The Bertz CT molecular complexity index is 1000. The minimum absolute atomic E-state index is 0.198. The number of halogens is 1. The third kappa shape index (κ3) is 1.83. The maximum absolute atomic E-state index is 12.1. The minimum Gasteiger partial charge on any atom is -0.454 e. The van der Waals surface area contributed by atoms with Crippen molar-refractivity contribution < 1.29 is 4.74 Å². The molecule has 8 heteroatoms. The van der Waals surface area contributed by atoms with Crippen LogP contribution in [0.4, 0.5) is 0 Å². The van der Waals surface area contributed by atoms with E-state index in [2.05, 4.69) is 25.9 Å². The van der Waals surface area contributed by atoms with Gasteiger partial charge in [0.15, 0.2) is 11.2 Å². The van der Waals surface area contributed by atoms with E-state index in [1.165, 1.54) is 4.57 Å². The van der Waals surface area contributed by atoms with Crippen LogP contribution < -0.4 is 16.0 Å². The molecule has 1 aliphatic heterocycles. The molecule has 2 aromatic heterocycles. The van der Waals surface area contributed by atoms with Gasteiger partial charge in [-0.15, -0.1) is 0 Å². The van der Waals surface area contributed by atoms with Gasteiger partial charge in [0.2, 0.25) is 0 Å². The maximum Gasteiger partial charge on any atom is 0.329 e. The molecule has 0 spiro atoms. The lowest BCUT2D eigenvalue weighted by Crippen LogP contribution is -2.29. The normalized spacial score (nSPS) is 16.7. The summed E-state index contributed by atoms with van der Waals surface area (Å²) >= 11 is 3.40. The second-order valence-electron chi connectivity index (χ2n) is 5.15. The SMILES string of the molecule is Cn1c(=O)[nH]c(=O)c2c1nc1n2C[C@@H](c2ccc(Br)cc2)O1. The van der Waals surface area contributed by atoms with Gasteiger partial charge in [0, 0.05) is 11.5 Å². The fourth-order valence-electron chi connectivity index (χ4n) is 2.66. The van der Waals surface area contributed by atoms with Crippen LogP contribution in [0.15, 0.2) is 38.3 Å². The van der Waals surface area contributed by atoms with Crippen LogP contribution in [-0.2, 0) is 13.6 Å². The third-order valence-electron chi connectivity index (χ3n) is 3.81. The molecule has 0 saturated heterocycles. The highest BCUT2D eigenvalue weighted by Gasteiger charge is 2.29. The van der Waals surface area contributed by atoms with Crippen LogP contribution in [0.5, 0.6) is 6.01 Å². The van der Waals surface area contributed by atoms with Gasteiger partial charge in [0.05, 0.1) is 6.54 Å². The van der Waals surface area contributed by atoms with Gasteiger partial charge in [-0.3, -0.25) is 18.9 Å². The highest BCUT2D eigenvalue weighted by Crippen LogP contribution is 2.33. The van der Waals surface area contributed by atoms with Crippen LogP contribution in [0.25, 0.3) is 11.2 Å². The summed E-state index contributed by atoms with van der Waals surface area (Å²) in [6.45, 7) is 0.481. The number of aryl methyl sites for hydroxylation is 1. The predicted molar refractivity (Wildman–Crippen MR) is 83.1 cm³/mol. The molecule has 3 heterocycles. The summed E-state index contributed by atoms with van der Waals surface area (Å²) in [5.74, 6) is 0. The lowest BCUT2D eigenvalue weighted by atomic mass is 10.1. The molecule has 7 nitrogen and oxygen atoms in total. The largest absolute Gasteiger partial charge is 0.454 e. The molecule has 0 fully saturated rings. The van der Waals surface area contributed by atoms with Gasteiger partial charge in [-0.05, 0) is 17.7 Å². The summed E-state index contributed by atoms with van der Waals surface area (Å²) in [5.41, 5.74) is 0.758. The number of hydrogen-bond donors (Lipinski definition) is 1. The van der Waals surface area contributed by atoms with Gasteiger partial charge < -0.3 is 4.74 Å². The molecule has 22 heavy (non-hydrogen) atoms. The first-order valence-corrected chi connectivity index (χ1v) is 7.45. The Balaban J connectivity index is 1.82. The molecular formula is C14H11BrN4O3. The Hall–Kier alpha value is -2.35. The molecule has 0 unspecified atom stereocenters. The molecule has 1 N–H and O–H groups in total. The highest BCUT2D eigenvalue weighted by molar-refractivity contribution is 9.10. The van der Waals surface area contributed by atoms with Crippen molar-refractivity contribution in [2.45, 2.75) is 12.6 Å². The number of nitrogens with zero attached hydrogens (tertiary/aromatic N) is 3. The number of hydrogen-bond acceptors (Lipinski definition) is 4. The van der Waals surface area contributed by atoms with Crippen molar-refractivity contribution >= 4 is 27.1 Å². The maximum atomic E-state index is 12.1. The Labute approximate surface area is 132 Å². The van der Waals surface area contributed by atoms with Crippen LogP contribution in [0, 0.1) is 0 Å². The molecule has 4 rings (SSSR count). The molecular weight excluding hydrogens is 352 g/mol. The minimum atomic E-state index is -0.487. The number of benzene rings is 1. The first-order valence-electron chi connectivity index (χ1n) is 6.66. The van der Waals surface area contributed by atoms with Crippen molar-refractivity contribution in [3.8, 4) is 6.01 Å². The van der Waals surface area contributed by atoms with Gasteiger partial charge in [-0.1, -0.05) is 28.1 Å². The van der Waals surface area contributed by atoms with Crippen LogP contribution in [0.1, 0.15) is 11.7 Å². The van der Waals surface area contributed by atoms with Gasteiger partial charge in [0.25, 0.3) is 11.6 Å². The molecule has 0 radical (unpaired) electrons. The molecule has 0 bridgehead atoms. The summed E-state index contributed by atoms with van der Waals surface area (Å²) in [5, 5.41) is 0. The average Bonchev–Trinajstić information content (AvgIpc) is 3.03. The highest BCUT2D eigenvalue weighted by atomic mass is 79.9. The van der Waals surface area contributed by atoms with E-state index >= 15 is 0 Å². The fourth-order valence-corrected chi connectivity index (χ4v) is 2.92. The second-order valence-corrected chi connectivity index (χ2v) is 6.07. The number of aromatic amines is 1. The van der Waals surface area contributed by atoms with Crippen molar-refractivity contribution in [3.63, 3.8) is 0 Å². The van der Waals surface area contributed by atoms with Gasteiger partial charge in [-0.25, -0.2) is 4.79 Å². The quantitative estimate of drug-likeness (QED) is 0.707. The van der Waals surface area contributed by atoms with E-state index in [1.54, 1.807) is 11.6 Å². The predicted octanol–water partition coefficient (Wildman–Crippen LogP) is 1.32. The number of H-pyrrole nitrogens is 1. The van der Waals surface area contributed by atoms with Gasteiger partial charge in [-0.2, -0.15) is 4.98 Å². The summed E-state index contributed by atoms with van der Waals surface area (Å²) in [4.78, 5) is 30.3. The standard InChI is InChI=1S/C14H11BrN4O3/c1-18-11-10(12(20)17-13(18)21)19-6-9(22-14(19)16-11)7-2-4-8(15)5-3-7/h2-5,9H,6H2,1H3,(H,17,20,21)/t9-/m0/s1. The smallest absolute Gasteiger partial charge is 0.329 e. The molecule has 3 aromatic rings. The molecule has 112 valence electrons. The number of aromatic nitrogens is 4.